The molecule has 0 aromatic heterocycles. The zero-order chi connectivity index (χ0) is 16.0. The molecule has 3 N–H and O–H groups in total. The van der Waals surface area contributed by atoms with Crippen LogP contribution in [0.4, 0.5) is 4.39 Å². The van der Waals surface area contributed by atoms with Gasteiger partial charge in [0.05, 0.1) is 11.6 Å². The molecule has 0 aliphatic rings. The lowest BCUT2D eigenvalue weighted by atomic mass is 9.94. The third-order valence-corrected chi connectivity index (χ3v) is 4.40. The summed E-state index contributed by atoms with van der Waals surface area (Å²) in [5, 5.41) is 17.8. The number of carboxylic acid groups (broad SMARTS) is 2. The van der Waals surface area contributed by atoms with E-state index in [-0.39, 0.29) is 12.8 Å². The van der Waals surface area contributed by atoms with E-state index < -0.39 is 43.8 Å². The average molecular weight is 318 g/mol. The summed E-state index contributed by atoms with van der Waals surface area (Å²) in [7, 11) is -3.19. The second-order valence-electron chi connectivity index (χ2n) is 4.65. The SMILES string of the molecule is O=C(O)CCC(C(=O)O)C(Cc1ccc(F)cc1)[PH](=O)O. The van der Waals surface area contributed by atoms with Crippen LogP contribution in [-0.4, -0.2) is 32.7 Å². The van der Waals surface area contributed by atoms with Crippen molar-refractivity contribution in [3.63, 3.8) is 0 Å². The Labute approximate surface area is 121 Å². The first kappa shape index (κ1) is 17.3. The van der Waals surface area contributed by atoms with Crippen LogP contribution in [-0.2, 0) is 20.6 Å². The molecule has 1 aromatic carbocycles. The molecular formula is C13H16FO6P. The lowest BCUT2D eigenvalue weighted by molar-refractivity contribution is -0.143. The van der Waals surface area contributed by atoms with Crippen LogP contribution < -0.4 is 0 Å². The van der Waals surface area contributed by atoms with E-state index in [0.29, 0.717) is 5.56 Å². The highest BCUT2D eigenvalue weighted by molar-refractivity contribution is 7.39. The van der Waals surface area contributed by atoms with Crippen molar-refractivity contribution in [1.82, 2.24) is 0 Å². The van der Waals surface area contributed by atoms with E-state index in [2.05, 4.69) is 0 Å². The topological polar surface area (TPSA) is 112 Å². The van der Waals surface area contributed by atoms with Crippen LogP contribution in [0.1, 0.15) is 18.4 Å². The van der Waals surface area contributed by atoms with E-state index in [1.807, 2.05) is 0 Å². The van der Waals surface area contributed by atoms with Gasteiger partial charge in [0.25, 0.3) is 0 Å². The number of halogens is 1. The van der Waals surface area contributed by atoms with Gasteiger partial charge in [-0.15, -0.1) is 0 Å². The first-order chi connectivity index (χ1) is 9.81. The van der Waals surface area contributed by atoms with Gasteiger partial charge in [-0.3, -0.25) is 14.2 Å². The fraction of sp³-hybridized carbons (Fsp3) is 0.385. The lowest BCUT2D eigenvalue weighted by Crippen LogP contribution is -2.28. The fourth-order valence-electron chi connectivity index (χ4n) is 2.05. The first-order valence-electron chi connectivity index (χ1n) is 6.23. The largest absolute Gasteiger partial charge is 0.481 e. The lowest BCUT2D eigenvalue weighted by Gasteiger charge is -2.21. The Hall–Kier alpha value is -1.72. The minimum atomic E-state index is -3.19. The zero-order valence-corrected chi connectivity index (χ0v) is 12.0. The van der Waals surface area contributed by atoms with Gasteiger partial charge in [0.2, 0.25) is 0 Å². The van der Waals surface area contributed by atoms with Crippen LogP contribution >= 0.6 is 8.03 Å². The van der Waals surface area contributed by atoms with Crippen molar-refractivity contribution in [2.24, 2.45) is 5.92 Å². The van der Waals surface area contributed by atoms with Crippen LogP contribution in [0, 0.1) is 11.7 Å². The van der Waals surface area contributed by atoms with Crippen molar-refractivity contribution in [3.8, 4) is 0 Å². The number of hydrogen-bond acceptors (Lipinski definition) is 3. The van der Waals surface area contributed by atoms with E-state index in [1.165, 1.54) is 24.3 Å². The summed E-state index contributed by atoms with van der Waals surface area (Å²) < 4.78 is 24.3. The van der Waals surface area contributed by atoms with Gasteiger partial charge < -0.3 is 15.1 Å². The normalized spacial score (nSPS) is 15.1. The van der Waals surface area contributed by atoms with Gasteiger partial charge in [-0.05, 0) is 30.5 Å². The van der Waals surface area contributed by atoms with E-state index in [9.17, 15) is 23.4 Å². The van der Waals surface area contributed by atoms with Crippen molar-refractivity contribution in [3.05, 3.63) is 35.6 Å². The van der Waals surface area contributed by atoms with E-state index in [4.69, 9.17) is 10.2 Å². The van der Waals surface area contributed by atoms with Gasteiger partial charge in [0, 0.05) is 6.42 Å². The highest BCUT2D eigenvalue weighted by Gasteiger charge is 2.32. The maximum Gasteiger partial charge on any atom is 0.307 e. The number of hydrogen-bond donors (Lipinski definition) is 3. The molecule has 0 amide bonds. The first-order valence-corrected chi connectivity index (χ1v) is 7.66. The number of carbonyl (C=O) groups is 2. The van der Waals surface area contributed by atoms with Crippen molar-refractivity contribution < 1.29 is 33.7 Å². The van der Waals surface area contributed by atoms with Crippen molar-refractivity contribution in [1.29, 1.82) is 0 Å². The van der Waals surface area contributed by atoms with E-state index in [0.717, 1.165) is 0 Å². The summed E-state index contributed by atoms with van der Waals surface area (Å²) in [5.41, 5.74) is -0.562. The van der Waals surface area contributed by atoms with Gasteiger partial charge in [0.1, 0.15) is 5.82 Å². The molecule has 1 rings (SSSR count). The Morgan fingerprint density at radius 3 is 2.19 bits per heavy atom. The zero-order valence-electron chi connectivity index (χ0n) is 11.0. The number of carboxylic acids is 2. The summed E-state index contributed by atoms with van der Waals surface area (Å²) in [6.45, 7) is 0. The van der Waals surface area contributed by atoms with E-state index >= 15 is 0 Å². The van der Waals surface area contributed by atoms with Crippen LogP contribution in [0.5, 0.6) is 0 Å². The summed E-state index contributed by atoms with van der Waals surface area (Å²) in [6.07, 6.45) is -0.648. The molecule has 6 nitrogen and oxygen atoms in total. The molecule has 0 bridgehead atoms. The Bertz CT molecular complexity index is 530. The molecule has 0 saturated heterocycles. The Kier molecular flexibility index (Phi) is 6.52. The quantitative estimate of drug-likeness (QED) is 0.630. The fourth-order valence-corrected chi connectivity index (χ4v) is 3.12. The molecule has 116 valence electrons. The molecule has 3 atom stereocenters. The molecule has 3 unspecified atom stereocenters. The second kappa shape index (κ2) is 7.90. The van der Waals surface area contributed by atoms with Crippen molar-refractivity contribution in [2.75, 3.05) is 0 Å². The molecule has 0 radical (unpaired) electrons. The molecule has 1 aromatic rings. The Morgan fingerprint density at radius 1 is 1.19 bits per heavy atom. The van der Waals surface area contributed by atoms with Crippen LogP contribution in [0.25, 0.3) is 0 Å². The number of aliphatic carboxylic acids is 2. The Balaban J connectivity index is 2.91. The van der Waals surface area contributed by atoms with Crippen molar-refractivity contribution >= 4 is 20.0 Å². The summed E-state index contributed by atoms with van der Waals surface area (Å²) in [4.78, 5) is 31.1. The summed E-state index contributed by atoms with van der Waals surface area (Å²) in [6, 6.07) is 5.16. The van der Waals surface area contributed by atoms with E-state index in [1.54, 1.807) is 0 Å². The van der Waals surface area contributed by atoms with Crippen LogP contribution in [0.2, 0.25) is 0 Å². The number of rotatable bonds is 8. The minimum absolute atomic E-state index is 0.0227. The molecule has 21 heavy (non-hydrogen) atoms. The monoisotopic (exact) mass is 318 g/mol. The van der Waals surface area contributed by atoms with Gasteiger partial charge in [-0.2, -0.15) is 0 Å². The maximum absolute atomic E-state index is 12.8. The molecule has 0 saturated carbocycles. The predicted molar refractivity (Wildman–Crippen MR) is 73.1 cm³/mol. The van der Waals surface area contributed by atoms with Gasteiger partial charge in [0.15, 0.2) is 8.03 Å². The molecule has 0 aliphatic carbocycles. The highest BCUT2D eigenvalue weighted by Crippen LogP contribution is 2.34. The number of benzene rings is 1. The molecule has 0 heterocycles. The second-order valence-corrected chi connectivity index (χ2v) is 6.07. The third kappa shape index (κ3) is 5.65. The highest BCUT2D eigenvalue weighted by atomic mass is 31.1. The van der Waals surface area contributed by atoms with Crippen LogP contribution in [0.3, 0.4) is 0 Å². The van der Waals surface area contributed by atoms with Crippen molar-refractivity contribution in [2.45, 2.75) is 24.9 Å². The van der Waals surface area contributed by atoms with Gasteiger partial charge >= 0.3 is 11.9 Å². The van der Waals surface area contributed by atoms with Crippen LogP contribution in [0.15, 0.2) is 24.3 Å². The molecule has 0 aliphatic heterocycles. The third-order valence-electron chi connectivity index (χ3n) is 3.16. The smallest absolute Gasteiger partial charge is 0.307 e. The minimum Gasteiger partial charge on any atom is -0.481 e. The van der Waals surface area contributed by atoms with Gasteiger partial charge in [-0.1, -0.05) is 12.1 Å². The standard InChI is InChI=1S/C13H16FO6P/c14-9-3-1-8(2-4-9)7-11(21(19)20)10(13(17)18)5-6-12(15)16/h1-4,10-11,21H,5-7H2,(H,15,16)(H,17,18)(H,19,20). The average Bonchev–Trinajstić information content (AvgIpc) is 2.39. The molecule has 8 heteroatoms. The predicted octanol–water partition coefficient (Wildman–Crippen LogP) is 1.77. The van der Waals surface area contributed by atoms with Gasteiger partial charge in [-0.25, -0.2) is 4.39 Å². The summed E-state index contributed by atoms with van der Waals surface area (Å²) >= 11 is 0. The summed E-state index contributed by atoms with van der Waals surface area (Å²) in [5.74, 6) is -4.18. The molecular weight excluding hydrogens is 302 g/mol. The molecule has 0 spiro atoms. The molecule has 0 fully saturated rings. The Morgan fingerprint density at radius 2 is 1.76 bits per heavy atom. The maximum atomic E-state index is 12.8.